The number of carbonyl (C=O) groups is 1. The van der Waals surface area contributed by atoms with E-state index in [2.05, 4.69) is 5.32 Å². The molecule has 3 nitrogen and oxygen atoms in total. The number of fused-ring (bicyclic) bond motifs is 1. The van der Waals surface area contributed by atoms with Crippen molar-refractivity contribution in [3.8, 4) is 0 Å². The standard InChI is InChI=1S/C12H14N2OS/c1-3-10(15)12-5-7-4-8(13)9(14-2)6-11(7)16-12/h4-6,14H,3,13H2,1-2H3. The van der Waals surface area contributed by atoms with Gasteiger partial charge in [-0.15, -0.1) is 11.3 Å². The quantitative estimate of drug-likeness (QED) is 0.633. The zero-order valence-corrected chi connectivity index (χ0v) is 10.1. The van der Waals surface area contributed by atoms with Gasteiger partial charge in [-0.25, -0.2) is 0 Å². The summed E-state index contributed by atoms with van der Waals surface area (Å²) in [6.45, 7) is 1.88. The van der Waals surface area contributed by atoms with Crippen molar-refractivity contribution in [3.63, 3.8) is 0 Å². The van der Waals surface area contributed by atoms with Crippen molar-refractivity contribution in [2.24, 2.45) is 0 Å². The third kappa shape index (κ3) is 1.76. The number of thiophene rings is 1. The van der Waals surface area contributed by atoms with Crippen LogP contribution in [0, 0.1) is 0 Å². The first kappa shape index (κ1) is 11.0. The molecule has 0 fully saturated rings. The minimum Gasteiger partial charge on any atom is -0.397 e. The average molecular weight is 234 g/mol. The lowest BCUT2D eigenvalue weighted by atomic mass is 10.2. The topological polar surface area (TPSA) is 55.1 Å². The first-order valence-electron chi connectivity index (χ1n) is 5.19. The molecule has 0 atom stereocenters. The fourth-order valence-electron chi connectivity index (χ4n) is 1.63. The third-order valence-electron chi connectivity index (χ3n) is 2.55. The maximum Gasteiger partial charge on any atom is 0.172 e. The normalized spacial score (nSPS) is 10.6. The summed E-state index contributed by atoms with van der Waals surface area (Å²) in [5.41, 5.74) is 7.49. The Labute approximate surface area is 98.3 Å². The highest BCUT2D eigenvalue weighted by molar-refractivity contribution is 7.20. The number of nitrogens with one attached hydrogen (secondary N) is 1. The molecule has 3 N–H and O–H groups in total. The Balaban J connectivity index is 2.58. The Morgan fingerprint density at radius 2 is 2.19 bits per heavy atom. The molecule has 1 aromatic carbocycles. The monoisotopic (exact) mass is 234 g/mol. The lowest BCUT2D eigenvalue weighted by molar-refractivity contribution is 0.0992. The van der Waals surface area contributed by atoms with Crippen LogP contribution in [0.15, 0.2) is 18.2 Å². The number of carbonyl (C=O) groups excluding carboxylic acids is 1. The van der Waals surface area contributed by atoms with Gasteiger partial charge >= 0.3 is 0 Å². The molecule has 0 aliphatic heterocycles. The van der Waals surface area contributed by atoms with Crippen LogP contribution in [0.5, 0.6) is 0 Å². The van der Waals surface area contributed by atoms with E-state index in [4.69, 9.17) is 5.73 Å². The smallest absolute Gasteiger partial charge is 0.172 e. The first-order chi connectivity index (χ1) is 7.65. The molecular weight excluding hydrogens is 220 g/mol. The Bertz CT molecular complexity index is 545. The fourth-order valence-corrected chi connectivity index (χ4v) is 2.73. The Morgan fingerprint density at radius 3 is 2.81 bits per heavy atom. The second-order valence-corrected chi connectivity index (χ2v) is 4.70. The van der Waals surface area contributed by atoms with E-state index in [0.717, 1.165) is 20.7 Å². The number of Topliss-reactive ketones (excluding diaryl/α,β-unsaturated/α-hetero) is 1. The number of rotatable bonds is 3. The molecule has 0 spiro atoms. The summed E-state index contributed by atoms with van der Waals surface area (Å²) in [5, 5.41) is 4.08. The van der Waals surface area contributed by atoms with Crippen molar-refractivity contribution in [2.75, 3.05) is 18.1 Å². The van der Waals surface area contributed by atoms with Crippen LogP contribution < -0.4 is 11.1 Å². The second kappa shape index (κ2) is 4.14. The highest BCUT2D eigenvalue weighted by Crippen LogP contribution is 2.32. The van der Waals surface area contributed by atoms with Crippen LogP contribution in [0.4, 0.5) is 11.4 Å². The van der Waals surface area contributed by atoms with Gasteiger partial charge in [0.15, 0.2) is 5.78 Å². The molecule has 2 aromatic rings. The van der Waals surface area contributed by atoms with Crippen LogP contribution in [0.25, 0.3) is 10.1 Å². The van der Waals surface area contributed by atoms with E-state index in [0.29, 0.717) is 12.1 Å². The van der Waals surface area contributed by atoms with Gasteiger partial charge in [-0.1, -0.05) is 6.92 Å². The predicted molar refractivity (Wildman–Crippen MR) is 70.4 cm³/mol. The summed E-state index contributed by atoms with van der Waals surface area (Å²) in [5.74, 6) is 0.186. The SMILES string of the molecule is CCC(=O)c1cc2cc(N)c(NC)cc2s1. The van der Waals surface area contributed by atoms with Crippen LogP contribution in [0.1, 0.15) is 23.0 Å². The number of nitrogens with two attached hydrogens (primary N) is 1. The van der Waals surface area contributed by atoms with E-state index in [1.807, 2.05) is 32.2 Å². The number of nitrogen functional groups attached to an aromatic ring is 1. The number of benzene rings is 1. The van der Waals surface area contributed by atoms with Crippen LogP contribution in [0.2, 0.25) is 0 Å². The van der Waals surface area contributed by atoms with Crippen molar-refractivity contribution in [3.05, 3.63) is 23.1 Å². The van der Waals surface area contributed by atoms with Crippen molar-refractivity contribution in [1.29, 1.82) is 0 Å². The first-order valence-corrected chi connectivity index (χ1v) is 6.01. The van der Waals surface area contributed by atoms with E-state index in [1.54, 1.807) is 0 Å². The fraction of sp³-hybridized carbons (Fsp3) is 0.250. The van der Waals surface area contributed by atoms with Gasteiger partial charge in [-0.05, 0) is 23.6 Å². The van der Waals surface area contributed by atoms with E-state index in [1.165, 1.54) is 11.3 Å². The second-order valence-electron chi connectivity index (χ2n) is 3.61. The lowest BCUT2D eigenvalue weighted by Crippen LogP contribution is -1.94. The van der Waals surface area contributed by atoms with Crippen LogP contribution in [-0.4, -0.2) is 12.8 Å². The lowest BCUT2D eigenvalue weighted by Gasteiger charge is -2.03. The Kier molecular flexibility index (Phi) is 2.83. The molecule has 16 heavy (non-hydrogen) atoms. The minimum atomic E-state index is 0.186. The van der Waals surface area contributed by atoms with E-state index in [-0.39, 0.29) is 5.78 Å². The molecule has 0 saturated heterocycles. The van der Waals surface area contributed by atoms with Crippen LogP contribution >= 0.6 is 11.3 Å². The van der Waals surface area contributed by atoms with Gasteiger partial charge in [-0.2, -0.15) is 0 Å². The molecule has 0 unspecified atom stereocenters. The van der Waals surface area contributed by atoms with Crippen molar-refractivity contribution >= 4 is 38.6 Å². The molecule has 4 heteroatoms. The number of anilines is 2. The number of hydrogen-bond acceptors (Lipinski definition) is 4. The van der Waals surface area contributed by atoms with Gasteiger partial charge in [0, 0.05) is 18.2 Å². The van der Waals surface area contributed by atoms with Crippen LogP contribution in [0.3, 0.4) is 0 Å². The maximum absolute atomic E-state index is 11.6. The molecule has 1 heterocycles. The molecule has 84 valence electrons. The third-order valence-corrected chi connectivity index (χ3v) is 3.69. The van der Waals surface area contributed by atoms with Gasteiger partial charge in [-0.3, -0.25) is 4.79 Å². The molecule has 0 bridgehead atoms. The Hall–Kier alpha value is -1.55. The van der Waals surface area contributed by atoms with Gasteiger partial charge < -0.3 is 11.1 Å². The van der Waals surface area contributed by atoms with Crippen LogP contribution in [-0.2, 0) is 0 Å². The molecule has 0 saturated carbocycles. The summed E-state index contributed by atoms with van der Waals surface area (Å²) in [4.78, 5) is 12.4. The summed E-state index contributed by atoms with van der Waals surface area (Å²) in [7, 11) is 1.84. The molecule has 1 aromatic heterocycles. The molecule has 2 rings (SSSR count). The average Bonchev–Trinajstić information content (AvgIpc) is 2.69. The number of hydrogen-bond donors (Lipinski definition) is 2. The van der Waals surface area contributed by atoms with Gasteiger partial charge in [0.1, 0.15) is 0 Å². The van der Waals surface area contributed by atoms with Gasteiger partial charge in [0.05, 0.1) is 16.3 Å². The van der Waals surface area contributed by atoms with E-state index >= 15 is 0 Å². The maximum atomic E-state index is 11.6. The number of ketones is 1. The molecule has 0 amide bonds. The highest BCUT2D eigenvalue weighted by atomic mass is 32.1. The van der Waals surface area contributed by atoms with Crippen molar-refractivity contribution in [2.45, 2.75) is 13.3 Å². The zero-order chi connectivity index (χ0) is 11.7. The Morgan fingerprint density at radius 1 is 1.44 bits per heavy atom. The molecular formula is C12H14N2OS. The molecule has 0 radical (unpaired) electrons. The van der Waals surface area contributed by atoms with E-state index < -0.39 is 0 Å². The predicted octanol–water partition coefficient (Wildman–Crippen LogP) is 3.12. The van der Waals surface area contributed by atoms with Crippen molar-refractivity contribution < 1.29 is 4.79 Å². The zero-order valence-electron chi connectivity index (χ0n) is 9.33. The van der Waals surface area contributed by atoms with Gasteiger partial charge in [0.25, 0.3) is 0 Å². The van der Waals surface area contributed by atoms with Crippen molar-refractivity contribution in [1.82, 2.24) is 0 Å². The van der Waals surface area contributed by atoms with Gasteiger partial charge in [0.2, 0.25) is 0 Å². The minimum absolute atomic E-state index is 0.186. The molecule has 0 aliphatic carbocycles. The molecule has 0 aliphatic rings. The summed E-state index contributed by atoms with van der Waals surface area (Å²) in [6.07, 6.45) is 0.543. The van der Waals surface area contributed by atoms with E-state index in [9.17, 15) is 4.79 Å². The summed E-state index contributed by atoms with van der Waals surface area (Å²) < 4.78 is 1.09. The summed E-state index contributed by atoms with van der Waals surface area (Å²) in [6, 6.07) is 5.81. The largest absolute Gasteiger partial charge is 0.397 e. The highest BCUT2D eigenvalue weighted by Gasteiger charge is 2.09. The summed E-state index contributed by atoms with van der Waals surface area (Å²) >= 11 is 1.52.